The van der Waals surface area contributed by atoms with Crippen molar-refractivity contribution in [1.82, 2.24) is 20.7 Å². The summed E-state index contributed by atoms with van der Waals surface area (Å²) in [6.45, 7) is 4.71. The maximum absolute atomic E-state index is 14.8. The summed E-state index contributed by atoms with van der Waals surface area (Å²) in [6, 6.07) is 9.11. The smallest absolute Gasteiger partial charge is 0.251 e. The predicted octanol–water partition coefficient (Wildman–Crippen LogP) is 4.22. The highest BCUT2D eigenvalue weighted by atomic mass is 19.1. The predicted molar refractivity (Wildman–Crippen MR) is 148 cm³/mol. The summed E-state index contributed by atoms with van der Waals surface area (Å²) >= 11 is 0. The number of nitrogens with zero attached hydrogens (tertiary/aromatic N) is 2. The Balaban J connectivity index is 1.52. The van der Waals surface area contributed by atoms with Gasteiger partial charge in [-0.15, -0.1) is 0 Å². The van der Waals surface area contributed by atoms with Gasteiger partial charge in [-0.05, 0) is 63.4 Å². The van der Waals surface area contributed by atoms with Crippen LogP contribution in [0.25, 0.3) is 0 Å². The Hall–Kier alpha value is -4.41. The van der Waals surface area contributed by atoms with E-state index in [1.165, 1.54) is 19.2 Å². The van der Waals surface area contributed by atoms with Crippen molar-refractivity contribution in [2.24, 2.45) is 0 Å². The van der Waals surface area contributed by atoms with Gasteiger partial charge in [-0.1, -0.05) is 11.2 Å². The van der Waals surface area contributed by atoms with Gasteiger partial charge in [0.25, 0.3) is 5.91 Å². The minimum Gasteiger partial charge on any atom is -0.493 e. The standard InChI is InChI=1S/C30H35FN4O6/c1-19-22(20(2)41-34-19)11-13-29(37)35-15-5-9-28(36)33-18-23-24(31)7-4-8-25(23)40-26-12-10-21(17-27(26)39-3)30(38)32-14-6-16-35/h4,7-8,10,12,17H,5-6,9,11,13-16,18H2,1-3H3,(H,32,38)(H,33,36). The minimum atomic E-state index is -0.529. The number of amides is 3. The third kappa shape index (κ3) is 7.62. The summed E-state index contributed by atoms with van der Waals surface area (Å²) in [5.41, 5.74) is 2.23. The molecule has 11 heteroatoms. The Kier molecular flexibility index (Phi) is 9.94. The summed E-state index contributed by atoms with van der Waals surface area (Å²) in [6.07, 6.45) is 1.88. The molecule has 0 fully saturated rings. The zero-order chi connectivity index (χ0) is 29.4. The second kappa shape index (κ2) is 13.8. The van der Waals surface area contributed by atoms with Crippen LogP contribution in [-0.4, -0.2) is 54.5 Å². The third-order valence-electron chi connectivity index (χ3n) is 7.03. The second-order valence-corrected chi connectivity index (χ2v) is 9.86. The Morgan fingerprint density at radius 1 is 1.10 bits per heavy atom. The molecule has 2 aliphatic heterocycles. The first-order valence-electron chi connectivity index (χ1n) is 13.6. The van der Waals surface area contributed by atoms with Crippen LogP contribution >= 0.6 is 0 Å². The van der Waals surface area contributed by atoms with Gasteiger partial charge in [-0.3, -0.25) is 14.4 Å². The second-order valence-electron chi connectivity index (χ2n) is 9.86. The highest BCUT2D eigenvalue weighted by molar-refractivity contribution is 5.94. The summed E-state index contributed by atoms with van der Waals surface area (Å²) in [5.74, 6) is 0.345. The number of benzene rings is 2. The highest BCUT2D eigenvalue weighted by Crippen LogP contribution is 2.34. The van der Waals surface area contributed by atoms with Gasteiger partial charge in [0.15, 0.2) is 11.5 Å². The average Bonchev–Trinajstić information content (AvgIpc) is 3.28. The molecular weight excluding hydrogens is 531 g/mol. The van der Waals surface area contributed by atoms with Crippen molar-refractivity contribution in [3.63, 3.8) is 0 Å². The number of halogens is 1. The van der Waals surface area contributed by atoms with E-state index >= 15 is 0 Å². The molecule has 0 radical (unpaired) electrons. The topological polar surface area (TPSA) is 123 Å². The summed E-state index contributed by atoms with van der Waals surface area (Å²) in [5, 5.41) is 9.58. The number of hydrogen-bond donors (Lipinski definition) is 2. The van der Waals surface area contributed by atoms with Crippen molar-refractivity contribution in [2.45, 2.75) is 52.5 Å². The highest BCUT2D eigenvalue weighted by Gasteiger charge is 2.19. The fourth-order valence-corrected chi connectivity index (χ4v) is 4.71. The fourth-order valence-electron chi connectivity index (χ4n) is 4.71. The summed E-state index contributed by atoms with van der Waals surface area (Å²) in [7, 11) is 1.45. The quantitative estimate of drug-likeness (QED) is 0.485. The van der Waals surface area contributed by atoms with E-state index in [4.69, 9.17) is 14.0 Å². The molecule has 0 saturated heterocycles. The van der Waals surface area contributed by atoms with Gasteiger partial charge in [0.1, 0.15) is 17.3 Å². The summed E-state index contributed by atoms with van der Waals surface area (Å²) < 4.78 is 31.3. The van der Waals surface area contributed by atoms with Gasteiger partial charge in [0.05, 0.1) is 12.8 Å². The van der Waals surface area contributed by atoms with Gasteiger partial charge in [-0.25, -0.2) is 4.39 Å². The molecule has 2 aromatic carbocycles. The molecule has 0 aliphatic carbocycles. The average molecular weight is 567 g/mol. The van der Waals surface area contributed by atoms with Crippen molar-refractivity contribution < 1.29 is 32.8 Å². The van der Waals surface area contributed by atoms with Gasteiger partial charge in [0, 0.05) is 55.7 Å². The first kappa shape index (κ1) is 29.6. The normalized spacial score (nSPS) is 15.1. The number of rotatable bonds is 4. The number of aromatic nitrogens is 1. The molecule has 218 valence electrons. The van der Waals surface area contributed by atoms with Gasteiger partial charge < -0.3 is 29.5 Å². The van der Waals surface area contributed by atoms with Crippen LogP contribution in [0.3, 0.4) is 0 Å². The fraction of sp³-hybridized carbons (Fsp3) is 0.400. The van der Waals surface area contributed by atoms with Crippen LogP contribution in [0, 0.1) is 19.7 Å². The molecule has 3 aromatic rings. The Morgan fingerprint density at radius 2 is 1.90 bits per heavy atom. The molecule has 0 atom stereocenters. The van der Waals surface area contributed by atoms with E-state index in [0.717, 1.165) is 11.3 Å². The molecule has 1 aromatic heterocycles. The first-order valence-corrected chi connectivity index (χ1v) is 13.6. The van der Waals surface area contributed by atoms with E-state index in [1.54, 1.807) is 29.2 Å². The molecule has 0 spiro atoms. The van der Waals surface area contributed by atoms with Crippen molar-refractivity contribution in [2.75, 3.05) is 26.7 Å². The molecule has 0 unspecified atom stereocenters. The van der Waals surface area contributed by atoms with E-state index in [0.29, 0.717) is 61.7 Å². The van der Waals surface area contributed by atoms with Crippen molar-refractivity contribution in [1.29, 1.82) is 0 Å². The SMILES string of the molecule is COc1cc2ccc1Oc1cccc(F)c1CNC(=O)CCCN(C(=O)CCc1c(C)noc1C)CCCNC2=O. The maximum Gasteiger partial charge on any atom is 0.251 e. The molecular formula is C30H35FN4O6. The Morgan fingerprint density at radius 3 is 2.66 bits per heavy atom. The number of carbonyl (C=O) groups excluding carboxylic acids is 3. The van der Waals surface area contributed by atoms with Gasteiger partial charge in [0.2, 0.25) is 11.8 Å². The molecule has 3 amide bonds. The molecule has 2 bridgehead atoms. The number of hydrogen-bond acceptors (Lipinski definition) is 7. The lowest BCUT2D eigenvalue weighted by Crippen LogP contribution is -2.36. The molecule has 41 heavy (non-hydrogen) atoms. The van der Waals surface area contributed by atoms with Crippen LogP contribution in [0.15, 0.2) is 40.9 Å². The lowest BCUT2D eigenvalue weighted by molar-refractivity contribution is -0.131. The maximum atomic E-state index is 14.8. The van der Waals surface area contributed by atoms with E-state index < -0.39 is 5.82 Å². The van der Waals surface area contributed by atoms with Crippen molar-refractivity contribution >= 4 is 17.7 Å². The molecule has 3 heterocycles. The van der Waals surface area contributed by atoms with Crippen LogP contribution in [0.1, 0.15) is 58.6 Å². The number of fused-ring (bicyclic) bond motifs is 13. The van der Waals surface area contributed by atoms with Crippen molar-refractivity contribution in [3.8, 4) is 17.2 Å². The molecule has 5 rings (SSSR count). The third-order valence-corrected chi connectivity index (χ3v) is 7.03. The van der Waals surface area contributed by atoms with Crippen LogP contribution in [-0.2, 0) is 22.6 Å². The van der Waals surface area contributed by atoms with Gasteiger partial charge in [-0.2, -0.15) is 0 Å². The largest absolute Gasteiger partial charge is 0.493 e. The Labute approximate surface area is 238 Å². The zero-order valence-corrected chi connectivity index (χ0v) is 23.5. The molecule has 2 N–H and O–H groups in total. The number of ether oxygens (including phenoxy) is 2. The monoisotopic (exact) mass is 566 g/mol. The molecule has 0 saturated carbocycles. The van der Waals surface area contributed by atoms with E-state index in [-0.39, 0.29) is 48.4 Å². The number of methoxy groups -OCH3 is 1. The summed E-state index contributed by atoms with van der Waals surface area (Å²) in [4.78, 5) is 40.3. The van der Waals surface area contributed by atoms with Crippen molar-refractivity contribution in [3.05, 3.63) is 70.4 Å². The van der Waals surface area contributed by atoms with E-state index in [2.05, 4.69) is 15.8 Å². The first-order chi connectivity index (χ1) is 19.8. The van der Waals surface area contributed by atoms with Crippen LogP contribution in [0.4, 0.5) is 4.39 Å². The van der Waals surface area contributed by atoms with Crippen LogP contribution in [0.5, 0.6) is 17.2 Å². The number of carbonyl (C=O) groups is 3. The minimum absolute atomic E-state index is 0.0592. The lowest BCUT2D eigenvalue weighted by Gasteiger charge is -2.23. The van der Waals surface area contributed by atoms with Gasteiger partial charge >= 0.3 is 0 Å². The zero-order valence-electron chi connectivity index (χ0n) is 23.5. The Bertz CT molecular complexity index is 1390. The van der Waals surface area contributed by atoms with E-state index in [1.807, 2.05) is 13.8 Å². The van der Waals surface area contributed by atoms with E-state index in [9.17, 15) is 18.8 Å². The van der Waals surface area contributed by atoms with Crippen LogP contribution in [0.2, 0.25) is 0 Å². The van der Waals surface area contributed by atoms with Crippen LogP contribution < -0.4 is 20.1 Å². The molecule has 2 aliphatic rings. The molecule has 10 nitrogen and oxygen atoms in total. The lowest BCUT2D eigenvalue weighted by atomic mass is 10.1. The number of nitrogens with one attached hydrogen (secondary N) is 2. The number of aryl methyl sites for hydroxylation is 2.